The van der Waals surface area contributed by atoms with Crippen molar-refractivity contribution in [3.05, 3.63) is 106 Å². The second kappa shape index (κ2) is 15.7. The van der Waals surface area contributed by atoms with Crippen molar-refractivity contribution in [2.24, 2.45) is 11.8 Å². The van der Waals surface area contributed by atoms with Crippen molar-refractivity contribution < 1.29 is 43.2 Å². The summed E-state index contributed by atoms with van der Waals surface area (Å²) in [6.45, 7) is 10.1. The third-order valence-corrected chi connectivity index (χ3v) is 9.70. The number of hydrogen-bond donors (Lipinski definition) is 1. The molecule has 3 aromatic carbocycles. The molecule has 0 amide bonds. The van der Waals surface area contributed by atoms with Gasteiger partial charge in [0.2, 0.25) is 5.92 Å². The van der Waals surface area contributed by atoms with Gasteiger partial charge in [-0.1, -0.05) is 94.1 Å². The number of ketones is 1. The summed E-state index contributed by atoms with van der Waals surface area (Å²) in [5.74, 6) is -2.08. The van der Waals surface area contributed by atoms with E-state index in [9.17, 15) is 18.7 Å². The maximum atomic E-state index is 13.7. The molecule has 1 saturated carbocycles. The van der Waals surface area contributed by atoms with Gasteiger partial charge in [-0.15, -0.1) is 5.56 Å². The third-order valence-electron chi connectivity index (χ3n) is 9.70. The van der Waals surface area contributed by atoms with Gasteiger partial charge in [0.05, 0.1) is 5.76 Å². The maximum Gasteiger partial charge on any atom is 0.248 e. The molecule has 7 heteroatoms. The zero-order valence-corrected chi connectivity index (χ0v) is 30.3. The van der Waals surface area contributed by atoms with Gasteiger partial charge in [0.15, 0.2) is 5.78 Å². The minimum Gasteiger partial charge on any atom is -0.682 e. The number of nitrogens with zero attached hydrogens (tertiary/aromatic N) is 1. The van der Waals surface area contributed by atoms with Crippen molar-refractivity contribution in [1.82, 2.24) is 0 Å². The quantitative estimate of drug-likeness (QED) is 0.104. The molecule has 1 aliphatic heterocycles. The molecule has 1 radical (unpaired) electrons. The number of rotatable bonds is 9. The van der Waals surface area contributed by atoms with E-state index in [1.165, 1.54) is 6.08 Å². The Balaban J connectivity index is 0.000000269. The number of hydrogen-bond acceptors (Lipinski definition) is 3. The molecule has 253 valence electrons. The van der Waals surface area contributed by atoms with Crippen LogP contribution in [0.5, 0.6) is 0 Å². The number of allylic oxidation sites excluding steroid dienone is 2. The van der Waals surface area contributed by atoms with Crippen LogP contribution in [0, 0.1) is 24.8 Å². The zero-order chi connectivity index (χ0) is 33.0. The molecule has 2 atom stereocenters. The number of aliphatic hydroxyl groups excluding tert-OH is 1. The van der Waals surface area contributed by atoms with Gasteiger partial charge in [0.1, 0.15) is 5.58 Å². The molecule has 0 bridgehead atoms. The molecule has 47 heavy (non-hydrogen) atoms. The summed E-state index contributed by atoms with van der Waals surface area (Å²) in [4.78, 5) is 11.7. The molecule has 1 N–H and O–H groups in total. The number of furan rings is 1. The van der Waals surface area contributed by atoms with Crippen molar-refractivity contribution in [3.63, 3.8) is 0 Å². The Bertz CT molecular complexity index is 1750. The number of benzene rings is 3. The fourth-order valence-corrected chi connectivity index (χ4v) is 6.90. The van der Waals surface area contributed by atoms with E-state index in [0.717, 1.165) is 75.4 Å². The van der Waals surface area contributed by atoms with Gasteiger partial charge in [-0.05, 0) is 55.2 Å². The summed E-state index contributed by atoms with van der Waals surface area (Å²) in [5, 5.41) is 16.7. The average molecular weight is 818 g/mol. The Morgan fingerprint density at radius 3 is 2.40 bits per heavy atom. The summed E-state index contributed by atoms with van der Waals surface area (Å²) >= 11 is 0. The number of carbonyl (C=O) groups excluding carboxylic acids is 1. The molecular weight excluding hydrogens is 773 g/mol. The fraction of sp³-hybridized carbons (Fsp3) is 0.425. The van der Waals surface area contributed by atoms with Crippen molar-refractivity contribution >= 4 is 33.8 Å². The van der Waals surface area contributed by atoms with Crippen molar-refractivity contribution in [2.75, 3.05) is 0 Å². The average Bonchev–Trinajstić information content (AvgIpc) is 3.61. The second-order valence-electron chi connectivity index (χ2n) is 12.8. The first-order chi connectivity index (χ1) is 22.1. The van der Waals surface area contributed by atoms with Crippen LogP contribution in [0.25, 0.3) is 33.3 Å². The summed E-state index contributed by atoms with van der Waals surface area (Å²) in [6.07, 6.45) is 9.14. The van der Waals surface area contributed by atoms with Crippen LogP contribution in [0.3, 0.4) is 0 Å². The molecule has 4 aromatic rings. The topological polar surface area (TPSA) is 64.5 Å². The number of aryl methyl sites for hydroxylation is 1. The molecule has 4 nitrogen and oxygen atoms in total. The van der Waals surface area contributed by atoms with E-state index >= 15 is 0 Å². The molecular formula is C40H45F2IrNO3-2. The van der Waals surface area contributed by atoms with E-state index in [0.29, 0.717) is 6.42 Å². The van der Waals surface area contributed by atoms with Crippen molar-refractivity contribution in [2.45, 2.75) is 97.4 Å². The Hall–Kier alpha value is -3.28. The number of halogens is 2. The van der Waals surface area contributed by atoms with Gasteiger partial charge >= 0.3 is 0 Å². The molecule has 2 heterocycles. The first-order valence-electron chi connectivity index (χ1n) is 16.8. The number of alkyl halides is 2. The third kappa shape index (κ3) is 8.06. The Labute approximate surface area is 291 Å². The smallest absolute Gasteiger partial charge is 0.248 e. The van der Waals surface area contributed by atoms with Gasteiger partial charge in [0, 0.05) is 61.8 Å². The second-order valence-corrected chi connectivity index (χ2v) is 12.8. The van der Waals surface area contributed by atoms with Crippen LogP contribution in [-0.4, -0.2) is 16.8 Å². The van der Waals surface area contributed by atoms with Crippen LogP contribution in [0.4, 0.5) is 8.78 Å². The number of para-hydroxylation sites is 1. The molecule has 0 saturated heterocycles. The summed E-state index contributed by atoms with van der Waals surface area (Å²) in [7, 11) is 0. The minimum atomic E-state index is -2.54. The molecule has 2 aliphatic rings. The predicted molar refractivity (Wildman–Crippen MR) is 183 cm³/mol. The van der Waals surface area contributed by atoms with Crippen LogP contribution in [0.2, 0.25) is 0 Å². The van der Waals surface area contributed by atoms with Gasteiger partial charge < -0.3 is 14.8 Å². The zero-order valence-electron chi connectivity index (χ0n) is 27.9. The van der Waals surface area contributed by atoms with E-state index in [2.05, 4.69) is 24.3 Å². The SMILES string of the molecule is CCC(CC)C(=O)/C=C(\O)C(CC)CC.Cc1[c-]c(C2[N-]C=Cc3cc(C4CCC(F)(F)C4)ccc32)c2oc3ccccc3c2c1.[Ir]. The predicted octanol–water partition coefficient (Wildman–Crippen LogP) is 11.9. The van der Waals surface area contributed by atoms with Crippen LogP contribution >= 0.6 is 0 Å². The Kier molecular flexibility index (Phi) is 12.2. The largest absolute Gasteiger partial charge is 0.682 e. The first kappa shape index (κ1) is 36.6. The van der Waals surface area contributed by atoms with E-state index in [1.807, 2.05) is 77.2 Å². The van der Waals surface area contributed by atoms with E-state index < -0.39 is 5.92 Å². The molecule has 2 unspecified atom stereocenters. The summed E-state index contributed by atoms with van der Waals surface area (Å²) < 4.78 is 33.7. The molecule has 1 fully saturated rings. The van der Waals surface area contributed by atoms with Crippen molar-refractivity contribution in [1.29, 1.82) is 0 Å². The standard InChI is InChI=1S/C27H21F2NO.C13H24O2.Ir/c1-16-12-22-21-4-2-3-5-24(21)31-26(22)23(13-16)25-20-7-6-17(14-18(20)9-11-30-25)19-8-10-27(28,29)15-19;1-5-10(6-2)12(14)9-13(15)11(7-3)8-4;/h2-7,9,11-12,14,19,25H,8,10,15H2,1H3;9-11,14H,5-8H2,1-4H3;/q-2;;/b;12-9-;. The van der Waals surface area contributed by atoms with Crippen LogP contribution in [0.1, 0.15) is 112 Å². The van der Waals surface area contributed by atoms with Gasteiger partial charge in [0.25, 0.3) is 0 Å². The van der Waals surface area contributed by atoms with Crippen LogP contribution in [-0.2, 0) is 24.9 Å². The summed E-state index contributed by atoms with van der Waals surface area (Å²) in [6, 6.07) is 19.5. The Morgan fingerprint density at radius 2 is 1.74 bits per heavy atom. The minimum absolute atomic E-state index is 0. The van der Waals surface area contributed by atoms with Crippen LogP contribution in [0.15, 0.2) is 71.0 Å². The molecule has 1 aliphatic carbocycles. The number of fused-ring (bicyclic) bond motifs is 4. The van der Waals surface area contributed by atoms with E-state index in [1.54, 1.807) is 0 Å². The van der Waals surface area contributed by atoms with E-state index in [4.69, 9.17) is 9.73 Å². The summed E-state index contributed by atoms with van der Waals surface area (Å²) in [5.41, 5.74) is 6.68. The van der Waals surface area contributed by atoms with Crippen molar-refractivity contribution in [3.8, 4) is 0 Å². The van der Waals surface area contributed by atoms with Gasteiger partial charge in [-0.3, -0.25) is 4.79 Å². The molecule has 1 aromatic heterocycles. The van der Waals surface area contributed by atoms with Gasteiger partial charge in [-0.2, -0.15) is 23.9 Å². The molecule has 0 spiro atoms. The fourth-order valence-electron chi connectivity index (χ4n) is 6.90. The number of aliphatic hydroxyl groups is 1. The monoisotopic (exact) mass is 818 g/mol. The number of carbonyl (C=O) groups is 1. The van der Waals surface area contributed by atoms with Crippen LogP contribution < -0.4 is 0 Å². The normalized spacial score (nSPS) is 18.5. The molecule has 6 rings (SSSR count). The maximum absolute atomic E-state index is 13.7. The van der Waals surface area contributed by atoms with E-state index in [-0.39, 0.29) is 68.3 Å². The first-order valence-corrected chi connectivity index (χ1v) is 16.8. The Morgan fingerprint density at radius 1 is 1.04 bits per heavy atom. The van der Waals surface area contributed by atoms with Gasteiger partial charge in [-0.25, -0.2) is 8.78 Å².